The van der Waals surface area contributed by atoms with Crippen molar-refractivity contribution in [3.63, 3.8) is 0 Å². The Labute approximate surface area is 148 Å². The Morgan fingerprint density at radius 1 is 1.08 bits per heavy atom. The summed E-state index contributed by atoms with van der Waals surface area (Å²) in [4.78, 5) is 29.3. The van der Waals surface area contributed by atoms with E-state index in [0.29, 0.717) is 11.5 Å². The first-order valence-electron chi connectivity index (χ1n) is 8.95. The van der Waals surface area contributed by atoms with E-state index in [1.54, 1.807) is 24.8 Å². The van der Waals surface area contributed by atoms with Crippen LogP contribution in [0.15, 0.2) is 36.9 Å². The Bertz CT molecular complexity index is 666. The topological polar surface area (TPSA) is 62.2 Å². The molecule has 6 nitrogen and oxygen atoms in total. The van der Waals surface area contributed by atoms with Crippen LogP contribution in [0.5, 0.6) is 0 Å². The molecule has 25 heavy (non-hydrogen) atoms. The van der Waals surface area contributed by atoms with Crippen molar-refractivity contribution in [2.24, 2.45) is 0 Å². The molecule has 1 fully saturated rings. The van der Waals surface area contributed by atoms with Gasteiger partial charge in [0.05, 0.1) is 5.56 Å². The maximum Gasteiger partial charge on any atom is 0.256 e. The highest BCUT2D eigenvalue weighted by Crippen LogP contribution is 2.14. The number of likely N-dealkylation sites (N-methyl/N-ethyl adjacent to an activating group) is 1. The van der Waals surface area contributed by atoms with Crippen molar-refractivity contribution in [1.29, 1.82) is 0 Å². The van der Waals surface area contributed by atoms with Crippen molar-refractivity contribution >= 4 is 11.9 Å². The fourth-order valence-corrected chi connectivity index (χ4v) is 3.03. The standard InChI is InChI=1S/C19H25N5O/c1-23(13-8-16-6-9-20-10-7-16)19-21-14-17(15-22-19)18(25)24-11-4-2-3-5-12-24/h6-7,9-10,14-15H,2-5,8,11-13H2,1H3. The first-order chi connectivity index (χ1) is 12.2. The molecule has 0 atom stereocenters. The van der Waals surface area contributed by atoms with E-state index in [0.717, 1.165) is 38.9 Å². The first-order valence-corrected chi connectivity index (χ1v) is 8.95. The molecule has 132 valence electrons. The Morgan fingerprint density at radius 3 is 2.36 bits per heavy atom. The Kier molecular flexibility index (Phi) is 5.93. The summed E-state index contributed by atoms with van der Waals surface area (Å²) in [6.07, 6.45) is 12.4. The lowest BCUT2D eigenvalue weighted by molar-refractivity contribution is 0.0761. The lowest BCUT2D eigenvalue weighted by Crippen LogP contribution is -2.32. The van der Waals surface area contributed by atoms with Crippen LogP contribution in [0.1, 0.15) is 41.6 Å². The Balaban J connectivity index is 1.58. The van der Waals surface area contributed by atoms with Crippen LogP contribution in [0.3, 0.4) is 0 Å². The van der Waals surface area contributed by atoms with Crippen molar-refractivity contribution < 1.29 is 4.79 Å². The van der Waals surface area contributed by atoms with Crippen molar-refractivity contribution in [2.45, 2.75) is 32.1 Å². The number of likely N-dealkylation sites (tertiary alicyclic amines) is 1. The number of amides is 1. The third-order valence-electron chi connectivity index (χ3n) is 4.61. The van der Waals surface area contributed by atoms with Gasteiger partial charge in [0.25, 0.3) is 5.91 Å². The second-order valence-corrected chi connectivity index (χ2v) is 6.51. The summed E-state index contributed by atoms with van der Waals surface area (Å²) < 4.78 is 0. The molecule has 0 unspecified atom stereocenters. The van der Waals surface area contributed by atoms with Crippen LogP contribution >= 0.6 is 0 Å². The summed E-state index contributed by atoms with van der Waals surface area (Å²) >= 11 is 0. The maximum absolute atomic E-state index is 12.6. The third kappa shape index (κ3) is 4.75. The molecular weight excluding hydrogens is 314 g/mol. The van der Waals surface area contributed by atoms with Crippen molar-refractivity contribution in [2.75, 3.05) is 31.6 Å². The number of pyridine rings is 1. The van der Waals surface area contributed by atoms with Gasteiger partial charge in [-0.3, -0.25) is 9.78 Å². The van der Waals surface area contributed by atoms with Gasteiger partial charge in [-0.25, -0.2) is 9.97 Å². The molecule has 1 saturated heterocycles. The molecule has 3 rings (SSSR count). The van der Waals surface area contributed by atoms with Crippen LogP contribution in [-0.4, -0.2) is 52.4 Å². The minimum absolute atomic E-state index is 0.0490. The lowest BCUT2D eigenvalue weighted by Gasteiger charge is -2.21. The van der Waals surface area contributed by atoms with Crippen molar-refractivity contribution in [1.82, 2.24) is 19.9 Å². The molecule has 1 aliphatic rings. The van der Waals surface area contributed by atoms with Gasteiger partial charge < -0.3 is 9.80 Å². The number of anilines is 1. The Morgan fingerprint density at radius 2 is 1.72 bits per heavy atom. The molecule has 6 heteroatoms. The molecule has 0 radical (unpaired) electrons. The van der Waals surface area contributed by atoms with Gasteiger partial charge in [-0.2, -0.15) is 0 Å². The van der Waals surface area contributed by atoms with Crippen LogP contribution in [-0.2, 0) is 6.42 Å². The van der Waals surface area contributed by atoms with Gasteiger partial charge in [-0.05, 0) is 37.0 Å². The molecular formula is C19H25N5O. The van der Waals surface area contributed by atoms with Crippen LogP contribution in [0.25, 0.3) is 0 Å². The third-order valence-corrected chi connectivity index (χ3v) is 4.61. The molecule has 0 saturated carbocycles. The molecule has 0 bridgehead atoms. The molecule has 2 aromatic rings. The molecule has 2 aromatic heterocycles. The van der Waals surface area contributed by atoms with Crippen molar-refractivity contribution in [3.05, 3.63) is 48.0 Å². The zero-order valence-electron chi connectivity index (χ0n) is 14.8. The van der Waals surface area contributed by atoms with Gasteiger partial charge in [0.1, 0.15) is 0 Å². The highest BCUT2D eigenvalue weighted by Gasteiger charge is 2.18. The predicted molar refractivity (Wildman–Crippen MR) is 97.6 cm³/mol. The summed E-state index contributed by atoms with van der Waals surface area (Å²) in [7, 11) is 1.97. The summed E-state index contributed by atoms with van der Waals surface area (Å²) in [6, 6.07) is 4.02. The molecule has 3 heterocycles. The molecule has 0 aliphatic carbocycles. The molecule has 0 spiro atoms. The smallest absolute Gasteiger partial charge is 0.256 e. The van der Waals surface area contributed by atoms with Crippen LogP contribution in [0, 0.1) is 0 Å². The normalized spacial score (nSPS) is 14.8. The van der Waals surface area contributed by atoms with E-state index in [1.165, 1.54) is 18.4 Å². The average molecular weight is 339 g/mol. The van der Waals surface area contributed by atoms with Crippen LogP contribution in [0.2, 0.25) is 0 Å². The van der Waals surface area contributed by atoms with Crippen LogP contribution < -0.4 is 4.90 Å². The van der Waals surface area contributed by atoms with Gasteiger partial charge in [-0.15, -0.1) is 0 Å². The number of carbonyl (C=O) groups excluding carboxylic acids is 1. The minimum Gasteiger partial charge on any atom is -0.344 e. The molecule has 1 amide bonds. The fourth-order valence-electron chi connectivity index (χ4n) is 3.03. The van der Waals surface area contributed by atoms with E-state index >= 15 is 0 Å². The number of hydrogen-bond donors (Lipinski definition) is 0. The average Bonchev–Trinajstić information content (AvgIpc) is 2.96. The summed E-state index contributed by atoms with van der Waals surface area (Å²) in [6.45, 7) is 2.49. The second kappa shape index (κ2) is 8.55. The highest BCUT2D eigenvalue weighted by molar-refractivity contribution is 5.93. The van der Waals surface area contributed by atoms with E-state index in [4.69, 9.17) is 0 Å². The number of nitrogens with zero attached hydrogens (tertiary/aromatic N) is 5. The second-order valence-electron chi connectivity index (χ2n) is 6.51. The quantitative estimate of drug-likeness (QED) is 0.838. The number of aromatic nitrogens is 3. The fraction of sp³-hybridized carbons (Fsp3) is 0.474. The van der Waals surface area contributed by atoms with E-state index in [1.807, 2.05) is 29.0 Å². The maximum atomic E-state index is 12.6. The predicted octanol–water partition coefficient (Wildman–Crippen LogP) is 2.57. The number of carbonyl (C=O) groups is 1. The van der Waals surface area contributed by atoms with E-state index in [-0.39, 0.29) is 5.91 Å². The molecule has 1 aliphatic heterocycles. The zero-order valence-corrected chi connectivity index (χ0v) is 14.8. The van der Waals surface area contributed by atoms with Gasteiger partial charge in [-0.1, -0.05) is 12.8 Å². The van der Waals surface area contributed by atoms with Gasteiger partial charge in [0.15, 0.2) is 0 Å². The minimum atomic E-state index is 0.0490. The van der Waals surface area contributed by atoms with Gasteiger partial charge >= 0.3 is 0 Å². The Hall–Kier alpha value is -2.50. The monoisotopic (exact) mass is 339 g/mol. The summed E-state index contributed by atoms with van der Waals surface area (Å²) in [5.41, 5.74) is 1.81. The van der Waals surface area contributed by atoms with E-state index < -0.39 is 0 Å². The highest BCUT2D eigenvalue weighted by atomic mass is 16.2. The van der Waals surface area contributed by atoms with Gasteiger partial charge in [0.2, 0.25) is 5.95 Å². The van der Waals surface area contributed by atoms with E-state index in [2.05, 4.69) is 15.0 Å². The molecule has 0 N–H and O–H groups in total. The largest absolute Gasteiger partial charge is 0.344 e. The van der Waals surface area contributed by atoms with Crippen molar-refractivity contribution in [3.8, 4) is 0 Å². The van der Waals surface area contributed by atoms with Gasteiger partial charge in [0, 0.05) is 51.5 Å². The summed E-state index contributed by atoms with van der Waals surface area (Å²) in [5.74, 6) is 0.689. The summed E-state index contributed by atoms with van der Waals surface area (Å²) in [5, 5.41) is 0. The molecule has 0 aromatic carbocycles. The zero-order chi connectivity index (χ0) is 17.5. The number of hydrogen-bond acceptors (Lipinski definition) is 5. The first kappa shape index (κ1) is 17.3. The lowest BCUT2D eigenvalue weighted by atomic mass is 10.2. The van der Waals surface area contributed by atoms with Crippen LogP contribution in [0.4, 0.5) is 5.95 Å². The van der Waals surface area contributed by atoms with E-state index in [9.17, 15) is 4.79 Å². The number of rotatable bonds is 5. The SMILES string of the molecule is CN(CCc1ccncc1)c1ncc(C(=O)N2CCCCCC2)cn1.